The van der Waals surface area contributed by atoms with Gasteiger partial charge in [0, 0.05) is 26.2 Å². The number of aliphatic carboxylic acids is 1. The molecule has 0 atom stereocenters. The largest absolute Gasteiger partial charge is 0.481 e. The molecule has 0 amide bonds. The first-order valence-corrected chi connectivity index (χ1v) is 7.87. The molecule has 0 radical (unpaired) electrons. The predicted molar refractivity (Wildman–Crippen MR) is 76.2 cm³/mol. The Hall–Kier alpha value is -1.16. The zero-order chi connectivity index (χ0) is 15.1. The van der Waals surface area contributed by atoms with Crippen molar-refractivity contribution in [2.75, 3.05) is 38.6 Å². The molecule has 0 aliphatic carbocycles. The van der Waals surface area contributed by atoms with E-state index < -0.39 is 5.97 Å². The van der Waals surface area contributed by atoms with Crippen LogP contribution in [0.1, 0.15) is 12.2 Å². The average molecular weight is 316 g/mol. The van der Waals surface area contributed by atoms with E-state index >= 15 is 0 Å². The highest BCUT2D eigenvalue weighted by Gasteiger charge is 2.14. The van der Waals surface area contributed by atoms with Crippen LogP contribution in [0, 0.1) is 0 Å². The normalized spacial score (nSPS) is 16.2. The SMILES string of the molecule is O=C(O)CSc1nnc(CO)n1CCCN1CCOCC1. The lowest BCUT2D eigenvalue weighted by Crippen LogP contribution is -2.37. The van der Waals surface area contributed by atoms with E-state index in [1.807, 2.05) is 0 Å². The van der Waals surface area contributed by atoms with Crippen molar-refractivity contribution in [1.82, 2.24) is 19.7 Å². The summed E-state index contributed by atoms with van der Waals surface area (Å²) in [6.07, 6.45) is 0.895. The van der Waals surface area contributed by atoms with Crippen LogP contribution in [0.2, 0.25) is 0 Å². The second kappa shape index (κ2) is 8.32. The second-order valence-electron chi connectivity index (χ2n) is 4.70. The summed E-state index contributed by atoms with van der Waals surface area (Å²) < 4.78 is 7.10. The molecule has 0 saturated carbocycles. The molecule has 2 heterocycles. The summed E-state index contributed by atoms with van der Waals surface area (Å²) >= 11 is 1.12. The van der Waals surface area contributed by atoms with Gasteiger partial charge in [-0.2, -0.15) is 0 Å². The quantitative estimate of drug-likeness (QED) is 0.629. The maximum atomic E-state index is 10.6. The van der Waals surface area contributed by atoms with E-state index in [0.29, 0.717) is 17.5 Å². The Morgan fingerprint density at radius 1 is 1.29 bits per heavy atom. The smallest absolute Gasteiger partial charge is 0.313 e. The minimum atomic E-state index is -0.895. The van der Waals surface area contributed by atoms with Gasteiger partial charge in [-0.15, -0.1) is 10.2 Å². The van der Waals surface area contributed by atoms with Crippen molar-refractivity contribution < 1.29 is 19.7 Å². The average Bonchev–Trinajstić information content (AvgIpc) is 2.88. The Bertz CT molecular complexity index is 462. The van der Waals surface area contributed by atoms with Crippen LogP contribution >= 0.6 is 11.8 Å². The lowest BCUT2D eigenvalue weighted by atomic mass is 10.3. The minimum Gasteiger partial charge on any atom is -0.481 e. The van der Waals surface area contributed by atoms with Crippen molar-refractivity contribution >= 4 is 17.7 Å². The van der Waals surface area contributed by atoms with Gasteiger partial charge in [0.1, 0.15) is 6.61 Å². The highest BCUT2D eigenvalue weighted by molar-refractivity contribution is 7.99. The van der Waals surface area contributed by atoms with Crippen LogP contribution in [-0.4, -0.2) is 74.4 Å². The van der Waals surface area contributed by atoms with Crippen molar-refractivity contribution in [3.05, 3.63) is 5.82 Å². The molecule has 0 spiro atoms. The second-order valence-corrected chi connectivity index (χ2v) is 5.64. The van der Waals surface area contributed by atoms with Gasteiger partial charge in [-0.3, -0.25) is 9.69 Å². The Morgan fingerprint density at radius 3 is 2.71 bits per heavy atom. The maximum Gasteiger partial charge on any atom is 0.313 e. The Morgan fingerprint density at radius 2 is 2.05 bits per heavy atom. The predicted octanol–water partition coefficient (Wildman–Crippen LogP) is -0.331. The molecule has 8 nitrogen and oxygen atoms in total. The van der Waals surface area contributed by atoms with Gasteiger partial charge in [0.15, 0.2) is 11.0 Å². The zero-order valence-corrected chi connectivity index (χ0v) is 12.6. The molecule has 1 fully saturated rings. The van der Waals surface area contributed by atoms with Gasteiger partial charge in [0.25, 0.3) is 0 Å². The van der Waals surface area contributed by atoms with Crippen LogP contribution in [0.25, 0.3) is 0 Å². The number of aromatic nitrogens is 3. The molecule has 9 heteroatoms. The molecular weight excluding hydrogens is 296 g/mol. The van der Waals surface area contributed by atoms with Crippen molar-refractivity contribution in [1.29, 1.82) is 0 Å². The highest BCUT2D eigenvalue weighted by Crippen LogP contribution is 2.17. The first kappa shape index (κ1) is 16.2. The van der Waals surface area contributed by atoms with Gasteiger partial charge in [-0.1, -0.05) is 11.8 Å². The van der Waals surface area contributed by atoms with Crippen LogP contribution in [0.3, 0.4) is 0 Å². The number of thioether (sulfide) groups is 1. The van der Waals surface area contributed by atoms with Gasteiger partial charge in [-0.05, 0) is 6.42 Å². The number of ether oxygens (including phenoxy) is 1. The number of carboxylic acid groups (broad SMARTS) is 1. The van der Waals surface area contributed by atoms with E-state index in [1.165, 1.54) is 0 Å². The number of nitrogens with zero attached hydrogens (tertiary/aromatic N) is 4. The molecule has 1 aromatic heterocycles. The fourth-order valence-corrected chi connectivity index (χ4v) is 2.87. The number of hydrogen-bond donors (Lipinski definition) is 2. The fraction of sp³-hybridized carbons (Fsp3) is 0.750. The summed E-state index contributed by atoms with van der Waals surface area (Å²) in [5.74, 6) is -0.481. The highest BCUT2D eigenvalue weighted by atomic mass is 32.2. The molecule has 0 aromatic carbocycles. The molecule has 0 unspecified atom stereocenters. The number of carbonyl (C=O) groups is 1. The zero-order valence-electron chi connectivity index (χ0n) is 11.8. The van der Waals surface area contributed by atoms with Crippen molar-refractivity contribution in [2.24, 2.45) is 0 Å². The van der Waals surface area contributed by atoms with E-state index in [0.717, 1.165) is 51.0 Å². The first-order valence-electron chi connectivity index (χ1n) is 6.88. The van der Waals surface area contributed by atoms with E-state index in [2.05, 4.69) is 15.1 Å². The summed E-state index contributed by atoms with van der Waals surface area (Å²) in [6.45, 7) is 4.84. The third-order valence-corrected chi connectivity index (χ3v) is 4.17. The third kappa shape index (κ3) is 4.95. The van der Waals surface area contributed by atoms with E-state index in [-0.39, 0.29) is 12.4 Å². The number of aliphatic hydroxyl groups is 1. The van der Waals surface area contributed by atoms with Gasteiger partial charge in [-0.25, -0.2) is 0 Å². The molecular formula is C12H20N4O4S. The van der Waals surface area contributed by atoms with Crippen molar-refractivity contribution in [3.63, 3.8) is 0 Å². The fourth-order valence-electron chi connectivity index (χ4n) is 2.17. The van der Waals surface area contributed by atoms with Crippen LogP contribution < -0.4 is 0 Å². The van der Waals surface area contributed by atoms with Crippen LogP contribution in [0.4, 0.5) is 0 Å². The Labute approximate surface area is 127 Å². The summed E-state index contributed by atoms with van der Waals surface area (Å²) in [5.41, 5.74) is 0. The van der Waals surface area contributed by atoms with Gasteiger partial charge in [0.2, 0.25) is 0 Å². The lowest BCUT2D eigenvalue weighted by Gasteiger charge is -2.26. The molecule has 118 valence electrons. The van der Waals surface area contributed by atoms with Crippen LogP contribution in [0.5, 0.6) is 0 Å². The topological polar surface area (TPSA) is 101 Å². The van der Waals surface area contributed by atoms with Crippen molar-refractivity contribution in [3.8, 4) is 0 Å². The number of hydrogen-bond acceptors (Lipinski definition) is 7. The van der Waals surface area contributed by atoms with E-state index in [4.69, 9.17) is 9.84 Å². The maximum absolute atomic E-state index is 10.6. The summed E-state index contributed by atoms with van der Waals surface area (Å²) in [4.78, 5) is 13.0. The van der Waals surface area contributed by atoms with E-state index in [9.17, 15) is 9.90 Å². The van der Waals surface area contributed by atoms with Crippen molar-refractivity contribution in [2.45, 2.75) is 24.7 Å². The molecule has 1 saturated heterocycles. The Kier molecular flexibility index (Phi) is 6.43. The van der Waals surface area contributed by atoms with Crippen LogP contribution in [0.15, 0.2) is 5.16 Å². The Balaban J connectivity index is 1.87. The standard InChI is InChI=1S/C12H20N4O4S/c17-8-10-13-14-12(21-9-11(18)19)16(10)3-1-2-15-4-6-20-7-5-15/h17H,1-9H2,(H,18,19). The molecule has 1 aliphatic heterocycles. The number of morpholine rings is 1. The van der Waals surface area contributed by atoms with Crippen LogP contribution in [-0.2, 0) is 22.7 Å². The first-order chi connectivity index (χ1) is 10.2. The van der Waals surface area contributed by atoms with E-state index in [1.54, 1.807) is 4.57 Å². The number of carboxylic acids is 1. The number of rotatable bonds is 8. The molecule has 2 rings (SSSR count). The summed E-state index contributed by atoms with van der Waals surface area (Å²) in [6, 6.07) is 0. The lowest BCUT2D eigenvalue weighted by molar-refractivity contribution is -0.133. The molecule has 1 aromatic rings. The number of aliphatic hydroxyl groups excluding tert-OH is 1. The monoisotopic (exact) mass is 316 g/mol. The summed E-state index contributed by atoms with van der Waals surface area (Å²) in [7, 11) is 0. The minimum absolute atomic E-state index is 0.0625. The molecule has 21 heavy (non-hydrogen) atoms. The van der Waals surface area contributed by atoms with Gasteiger partial charge in [0.05, 0.1) is 19.0 Å². The third-order valence-electron chi connectivity index (χ3n) is 3.22. The summed E-state index contributed by atoms with van der Waals surface area (Å²) in [5, 5.41) is 26.4. The van der Waals surface area contributed by atoms with Gasteiger partial charge >= 0.3 is 5.97 Å². The molecule has 2 N–H and O–H groups in total. The molecule has 1 aliphatic rings. The van der Waals surface area contributed by atoms with Gasteiger partial charge < -0.3 is 19.5 Å². The molecule has 0 bridgehead atoms.